The van der Waals surface area contributed by atoms with Crippen LogP contribution in [0, 0.1) is 5.82 Å². The number of ether oxygens (including phenoxy) is 1. The largest absolute Gasteiger partial charge is 0.367 e. The van der Waals surface area contributed by atoms with Crippen molar-refractivity contribution in [1.29, 1.82) is 0 Å². The van der Waals surface area contributed by atoms with Gasteiger partial charge in [0.1, 0.15) is 11.9 Å². The molecule has 4 rings (SSSR count). The van der Waals surface area contributed by atoms with Crippen LogP contribution in [0.3, 0.4) is 0 Å². The number of carbonyl (C=O) groups excluding carboxylic acids is 1. The number of halogens is 1. The number of rotatable bonds is 4. The van der Waals surface area contributed by atoms with Crippen LogP contribution in [0.5, 0.6) is 0 Å². The number of carbonyl (C=O) groups is 1. The molecule has 9 heteroatoms. The van der Waals surface area contributed by atoms with Crippen LogP contribution in [-0.2, 0) is 26.0 Å². The lowest BCUT2D eigenvalue weighted by Gasteiger charge is -2.41. The third-order valence-electron chi connectivity index (χ3n) is 5.87. The van der Waals surface area contributed by atoms with Crippen molar-refractivity contribution in [1.82, 2.24) is 9.62 Å². The minimum Gasteiger partial charge on any atom is -0.367 e. The van der Waals surface area contributed by atoms with Gasteiger partial charge in [-0.05, 0) is 41.7 Å². The van der Waals surface area contributed by atoms with Crippen molar-refractivity contribution in [2.24, 2.45) is 5.73 Å². The average Bonchev–Trinajstić information content (AvgIpc) is 2.73. The third kappa shape index (κ3) is 4.79. The third-order valence-corrected chi connectivity index (χ3v) is 6.60. The van der Waals surface area contributed by atoms with Crippen LogP contribution < -0.4 is 10.5 Å². The van der Waals surface area contributed by atoms with Crippen LogP contribution in [0.15, 0.2) is 48.5 Å². The van der Waals surface area contributed by atoms with E-state index in [1.54, 1.807) is 17.0 Å². The molecule has 3 N–H and O–H groups in total. The number of amides is 1. The molecule has 0 unspecified atom stereocenters. The van der Waals surface area contributed by atoms with Crippen LogP contribution in [0.4, 0.5) is 4.39 Å². The molecule has 0 bridgehead atoms. The van der Waals surface area contributed by atoms with E-state index in [0.717, 1.165) is 22.9 Å². The lowest BCUT2D eigenvalue weighted by molar-refractivity contribution is -0.150. The Labute approximate surface area is 181 Å². The van der Waals surface area contributed by atoms with Gasteiger partial charge >= 0.3 is 0 Å². The predicted molar refractivity (Wildman–Crippen MR) is 114 cm³/mol. The van der Waals surface area contributed by atoms with Gasteiger partial charge in [0, 0.05) is 12.6 Å². The summed E-state index contributed by atoms with van der Waals surface area (Å²) in [5, 5.41) is 0. The highest BCUT2D eigenvalue weighted by Gasteiger charge is 2.40. The average molecular weight is 448 g/mol. The Bertz CT molecular complexity index is 1060. The number of benzene rings is 2. The number of hydrogen-bond acceptors (Lipinski definition) is 5. The van der Waals surface area contributed by atoms with Gasteiger partial charge in [0.15, 0.2) is 0 Å². The van der Waals surface area contributed by atoms with Gasteiger partial charge in [-0.2, -0.15) is 0 Å². The molecule has 1 amide bonds. The summed E-state index contributed by atoms with van der Waals surface area (Å²) in [5.74, 6) is -0.534. The van der Waals surface area contributed by atoms with Crippen molar-refractivity contribution in [2.75, 3.05) is 19.4 Å². The van der Waals surface area contributed by atoms with Crippen LogP contribution >= 0.6 is 0 Å². The van der Waals surface area contributed by atoms with Gasteiger partial charge in [-0.3, -0.25) is 4.79 Å². The van der Waals surface area contributed by atoms with E-state index in [4.69, 9.17) is 10.5 Å². The summed E-state index contributed by atoms with van der Waals surface area (Å²) < 4.78 is 44.8. The van der Waals surface area contributed by atoms with Crippen molar-refractivity contribution in [3.63, 3.8) is 0 Å². The maximum absolute atomic E-state index is 13.5. The van der Waals surface area contributed by atoms with Crippen molar-refractivity contribution >= 4 is 15.9 Å². The Hall–Kier alpha value is -2.33. The van der Waals surface area contributed by atoms with Crippen LogP contribution in [0.1, 0.15) is 29.2 Å². The number of hydrogen-bond donors (Lipinski definition) is 2. The van der Waals surface area contributed by atoms with Crippen molar-refractivity contribution in [3.8, 4) is 0 Å². The second kappa shape index (κ2) is 8.66. The smallest absolute Gasteiger partial charge is 0.252 e. The van der Waals surface area contributed by atoms with Gasteiger partial charge in [-0.1, -0.05) is 36.4 Å². The molecule has 2 aromatic rings. The molecule has 166 valence electrons. The Morgan fingerprint density at radius 3 is 2.58 bits per heavy atom. The van der Waals surface area contributed by atoms with Gasteiger partial charge in [0.05, 0.1) is 24.9 Å². The first-order chi connectivity index (χ1) is 14.7. The van der Waals surface area contributed by atoms with Gasteiger partial charge in [-0.25, -0.2) is 17.5 Å². The second-order valence-electron chi connectivity index (χ2n) is 8.15. The van der Waals surface area contributed by atoms with E-state index in [0.29, 0.717) is 13.0 Å². The minimum absolute atomic E-state index is 0.0241. The normalized spacial score (nSPS) is 26.4. The monoisotopic (exact) mass is 447 g/mol. The first-order valence-electron chi connectivity index (χ1n) is 10.2. The molecule has 0 spiro atoms. The molecule has 4 atom stereocenters. The van der Waals surface area contributed by atoms with Crippen LogP contribution in [0.2, 0.25) is 0 Å². The number of nitrogens with two attached hydrogens (primary N) is 1. The van der Waals surface area contributed by atoms with Crippen LogP contribution in [-0.4, -0.2) is 56.8 Å². The highest BCUT2D eigenvalue weighted by atomic mass is 32.2. The standard InChI is InChI=1S/C22H26FN3O4S/c1-31(28,29)25-19-13-30-20(12-18(19)24)22(27)26-11-10-14-4-2-3-5-17(14)21(26)15-6-8-16(23)9-7-15/h2-9,18-21,25H,10-13,24H2,1H3/t18-,19+,20+,21-/m0/s1. The Balaban J connectivity index is 1.59. The predicted octanol–water partition coefficient (Wildman–Crippen LogP) is 1.33. The second-order valence-corrected chi connectivity index (χ2v) is 9.93. The fourth-order valence-corrected chi connectivity index (χ4v) is 5.18. The SMILES string of the molecule is CS(=O)(=O)N[C@@H]1CO[C@@H](C(=O)N2CCc3ccccc3[C@@H]2c2ccc(F)cc2)C[C@@H]1N. The molecule has 2 aliphatic heterocycles. The molecule has 0 aromatic heterocycles. The molecular weight excluding hydrogens is 421 g/mol. The quantitative estimate of drug-likeness (QED) is 0.737. The van der Waals surface area contributed by atoms with Gasteiger partial charge in [-0.15, -0.1) is 0 Å². The molecule has 2 aromatic carbocycles. The molecule has 2 aliphatic rings. The lowest BCUT2D eigenvalue weighted by atomic mass is 9.87. The number of nitrogens with zero attached hydrogens (tertiary/aromatic N) is 1. The first-order valence-corrected chi connectivity index (χ1v) is 12.1. The molecule has 31 heavy (non-hydrogen) atoms. The molecular formula is C22H26FN3O4S. The van der Waals surface area contributed by atoms with Crippen molar-refractivity contribution < 1.29 is 22.3 Å². The summed E-state index contributed by atoms with van der Waals surface area (Å²) >= 11 is 0. The minimum atomic E-state index is -3.43. The van der Waals surface area contributed by atoms with Gasteiger partial charge in [0.25, 0.3) is 5.91 Å². The van der Waals surface area contributed by atoms with Crippen molar-refractivity contribution in [3.05, 3.63) is 71.0 Å². The van der Waals surface area contributed by atoms with E-state index >= 15 is 0 Å². The Morgan fingerprint density at radius 2 is 1.90 bits per heavy atom. The summed E-state index contributed by atoms with van der Waals surface area (Å²) in [6.07, 6.45) is 1.22. The van der Waals surface area contributed by atoms with E-state index in [2.05, 4.69) is 4.72 Å². The molecule has 2 heterocycles. The van der Waals surface area contributed by atoms with Gasteiger partial charge < -0.3 is 15.4 Å². The van der Waals surface area contributed by atoms with Crippen LogP contribution in [0.25, 0.3) is 0 Å². The Kier molecular flexibility index (Phi) is 6.11. The van der Waals surface area contributed by atoms with E-state index in [-0.39, 0.29) is 30.8 Å². The number of nitrogens with one attached hydrogen (secondary N) is 1. The number of sulfonamides is 1. The van der Waals surface area contributed by atoms with Gasteiger partial charge in [0.2, 0.25) is 10.0 Å². The molecule has 1 saturated heterocycles. The van der Waals surface area contributed by atoms with Crippen molar-refractivity contribution in [2.45, 2.75) is 37.1 Å². The molecule has 0 aliphatic carbocycles. The molecule has 7 nitrogen and oxygen atoms in total. The molecule has 0 saturated carbocycles. The van der Waals surface area contributed by atoms with E-state index in [1.807, 2.05) is 24.3 Å². The zero-order valence-corrected chi connectivity index (χ0v) is 18.0. The topological polar surface area (TPSA) is 102 Å². The number of fused-ring (bicyclic) bond motifs is 1. The zero-order chi connectivity index (χ0) is 22.2. The fraction of sp³-hybridized carbons (Fsp3) is 0.409. The summed E-state index contributed by atoms with van der Waals surface area (Å²) in [6, 6.07) is 12.6. The molecule has 0 radical (unpaired) electrons. The highest BCUT2D eigenvalue weighted by Crippen LogP contribution is 2.36. The van der Waals surface area contributed by atoms with E-state index in [9.17, 15) is 17.6 Å². The molecule has 1 fully saturated rings. The maximum atomic E-state index is 13.5. The first kappa shape index (κ1) is 21.9. The summed E-state index contributed by atoms with van der Waals surface area (Å²) in [5.41, 5.74) is 9.14. The summed E-state index contributed by atoms with van der Waals surface area (Å²) in [7, 11) is -3.43. The van der Waals surface area contributed by atoms with E-state index < -0.39 is 28.2 Å². The Morgan fingerprint density at radius 1 is 1.19 bits per heavy atom. The summed E-state index contributed by atoms with van der Waals surface area (Å²) in [6.45, 7) is 0.522. The fourth-order valence-electron chi connectivity index (χ4n) is 4.38. The lowest BCUT2D eigenvalue weighted by Crippen LogP contribution is -2.58. The highest BCUT2D eigenvalue weighted by molar-refractivity contribution is 7.88. The summed E-state index contributed by atoms with van der Waals surface area (Å²) in [4.78, 5) is 15.2. The zero-order valence-electron chi connectivity index (χ0n) is 17.2. The maximum Gasteiger partial charge on any atom is 0.252 e. The van der Waals surface area contributed by atoms with E-state index in [1.165, 1.54) is 12.1 Å².